The predicted molar refractivity (Wildman–Crippen MR) is 107 cm³/mol. The highest BCUT2D eigenvalue weighted by atomic mass is 28.4. The van der Waals surface area contributed by atoms with E-state index in [1.54, 1.807) is 0 Å². The van der Waals surface area contributed by atoms with E-state index < -0.39 is 13.9 Å². The third-order valence-corrected chi connectivity index (χ3v) is 10.5. The lowest BCUT2D eigenvalue weighted by Gasteiger charge is -2.43. The van der Waals surface area contributed by atoms with E-state index in [9.17, 15) is 0 Å². The molecule has 0 amide bonds. The van der Waals surface area contributed by atoms with Crippen LogP contribution in [0.25, 0.3) is 0 Å². The van der Waals surface area contributed by atoms with Crippen LogP contribution in [0.4, 0.5) is 0 Å². The Kier molecular flexibility index (Phi) is 4.49. The molecule has 1 aromatic carbocycles. The molecule has 1 aliphatic heterocycles. The number of benzene rings is 1. The zero-order valence-corrected chi connectivity index (χ0v) is 17.5. The van der Waals surface area contributed by atoms with Crippen LogP contribution < -0.4 is 0 Å². The molecule has 0 N–H and O–H groups in total. The Labute approximate surface area is 153 Å². The Morgan fingerprint density at radius 1 is 1.12 bits per heavy atom. The van der Waals surface area contributed by atoms with Gasteiger partial charge in [0.1, 0.15) is 11.6 Å². The Hall–Kier alpha value is -1.39. The number of hydrogen-bond donors (Lipinski definition) is 0. The molecule has 1 aliphatic carbocycles. The smallest absolute Gasteiger partial charge is 0.217 e. The van der Waals surface area contributed by atoms with Crippen LogP contribution >= 0.6 is 0 Å². The lowest BCUT2D eigenvalue weighted by molar-refractivity contribution is 0.0520. The molecule has 136 valence electrons. The van der Waals surface area contributed by atoms with Crippen molar-refractivity contribution in [3.8, 4) is 0 Å². The first kappa shape index (κ1) is 18.4. The summed E-state index contributed by atoms with van der Waals surface area (Å²) in [5.74, 6) is 1.06. The normalized spacial score (nSPS) is 32.1. The maximum atomic E-state index is 6.86. The summed E-state index contributed by atoms with van der Waals surface area (Å²) >= 11 is 0. The highest BCUT2D eigenvalue weighted by molar-refractivity contribution is 6.74. The van der Waals surface area contributed by atoms with Gasteiger partial charge in [0.2, 0.25) is 5.90 Å². The maximum absolute atomic E-state index is 6.86. The van der Waals surface area contributed by atoms with Crippen LogP contribution in [0.5, 0.6) is 0 Å². The fourth-order valence-electron chi connectivity index (χ4n) is 3.35. The molecule has 3 nitrogen and oxygen atoms in total. The van der Waals surface area contributed by atoms with E-state index in [-0.39, 0.29) is 17.2 Å². The first-order chi connectivity index (χ1) is 11.6. The Morgan fingerprint density at radius 2 is 1.76 bits per heavy atom. The van der Waals surface area contributed by atoms with Crippen LogP contribution in [0.1, 0.15) is 40.2 Å². The third-order valence-electron chi connectivity index (χ3n) is 6.08. The van der Waals surface area contributed by atoms with E-state index in [1.165, 1.54) is 0 Å². The van der Waals surface area contributed by atoms with Crippen LogP contribution in [0.15, 0.2) is 47.5 Å². The average Bonchev–Trinajstić information content (AvgIpc) is 3.03. The molecule has 0 fully saturated rings. The largest absolute Gasteiger partial charge is 0.471 e. The average molecular weight is 358 g/mol. The monoisotopic (exact) mass is 357 g/mol. The van der Waals surface area contributed by atoms with Gasteiger partial charge in [0, 0.05) is 11.5 Å². The SMILES string of the molecule is CC1OC(c2ccccc2)=N[C@]12C=C[C@@H](C)C2O[Si](C)(C)C(C)(C)C. The van der Waals surface area contributed by atoms with Crippen molar-refractivity contribution in [2.45, 2.75) is 70.5 Å². The van der Waals surface area contributed by atoms with Crippen molar-refractivity contribution in [1.29, 1.82) is 0 Å². The summed E-state index contributed by atoms with van der Waals surface area (Å²) in [4.78, 5) is 5.07. The van der Waals surface area contributed by atoms with Gasteiger partial charge in [-0.1, -0.05) is 58.0 Å². The zero-order chi connectivity index (χ0) is 18.5. The van der Waals surface area contributed by atoms with E-state index in [1.807, 2.05) is 18.2 Å². The Balaban J connectivity index is 1.96. The molecule has 1 aromatic rings. The van der Waals surface area contributed by atoms with Gasteiger partial charge >= 0.3 is 0 Å². The maximum Gasteiger partial charge on any atom is 0.217 e. The number of rotatable bonds is 3. The third kappa shape index (κ3) is 3.10. The summed E-state index contributed by atoms with van der Waals surface area (Å²) in [5, 5.41) is 0.172. The van der Waals surface area contributed by atoms with Crippen molar-refractivity contribution in [3.63, 3.8) is 0 Å². The Bertz CT molecular complexity index is 690. The lowest BCUT2D eigenvalue weighted by atomic mass is 9.88. The van der Waals surface area contributed by atoms with Crippen molar-refractivity contribution in [2.24, 2.45) is 10.9 Å². The molecule has 0 bridgehead atoms. The molecular formula is C21H31NO2Si. The van der Waals surface area contributed by atoms with Crippen molar-refractivity contribution in [1.82, 2.24) is 0 Å². The van der Waals surface area contributed by atoms with Crippen molar-refractivity contribution < 1.29 is 9.16 Å². The minimum atomic E-state index is -1.90. The van der Waals surface area contributed by atoms with Gasteiger partial charge in [0.15, 0.2) is 8.32 Å². The molecular weight excluding hydrogens is 326 g/mol. The molecule has 3 rings (SSSR count). The van der Waals surface area contributed by atoms with E-state index in [0.29, 0.717) is 5.92 Å². The van der Waals surface area contributed by atoms with Gasteiger partial charge in [0.05, 0.1) is 6.10 Å². The van der Waals surface area contributed by atoms with Crippen LogP contribution in [0.2, 0.25) is 18.1 Å². The molecule has 0 aromatic heterocycles. The number of hydrogen-bond acceptors (Lipinski definition) is 3. The van der Waals surface area contributed by atoms with E-state index in [2.05, 4.69) is 72.0 Å². The minimum absolute atomic E-state index is 0.0290. The molecule has 25 heavy (non-hydrogen) atoms. The predicted octanol–water partition coefficient (Wildman–Crippen LogP) is 5.19. The Morgan fingerprint density at radius 3 is 2.36 bits per heavy atom. The second kappa shape index (κ2) is 6.10. The van der Waals surface area contributed by atoms with Gasteiger partial charge in [-0.25, -0.2) is 4.99 Å². The molecule has 0 saturated carbocycles. The molecule has 4 atom stereocenters. The number of aliphatic imine (C=N–C) groups is 1. The topological polar surface area (TPSA) is 30.8 Å². The standard InChI is InChI=1S/C21H31NO2Si/c1-15-13-14-21(18(15)24-25(6,7)20(3,4)5)16(2)23-19(22-21)17-11-9-8-10-12-17/h8-16,18H,1-7H3/t15-,16?,18?,21-/m1/s1. The van der Waals surface area contributed by atoms with Crippen molar-refractivity contribution >= 4 is 14.2 Å². The van der Waals surface area contributed by atoms with Gasteiger partial charge in [-0.2, -0.15) is 0 Å². The first-order valence-corrected chi connectivity index (χ1v) is 12.2. The highest BCUT2D eigenvalue weighted by Gasteiger charge is 2.55. The fourth-order valence-corrected chi connectivity index (χ4v) is 4.75. The van der Waals surface area contributed by atoms with E-state index in [0.717, 1.165) is 11.5 Å². The zero-order valence-electron chi connectivity index (χ0n) is 16.5. The van der Waals surface area contributed by atoms with Gasteiger partial charge in [0.25, 0.3) is 0 Å². The fraction of sp³-hybridized carbons (Fsp3) is 0.571. The molecule has 0 saturated heterocycles. The quantitative estimate of drug-likeness (QED) is 0.551. The number of nitrogens with zero attached hydrogens (tertiary/aromatic N) is 1. The summed E-state index contributed by atoms with van der Waals surface area (Å²) < 4.78 is 13.1. The van der Waals surface area contributed by atoms with Crippen molar-refractivity contribution in [3.05, 3.63) is 48.0 Å². The molecule has 2 aliphatic rings. The minimum Gasteiger partial charge on any atom is -0.471 e. The molecule has 0 radical (unpaired) electrons. The summed E-state index contributed by atoms with van der Waals surface area (Å²) in [6.45, 7) is 15.8. The molecule has 1 heterocycles. The summed E-state index contributed by atoms with van der Waals surface area (Å²) in [7, 11) is -1.90. The van der Waals surface area contributed by atoms with Gasteiger partial charge in [-0.15, -0.1) is 0 Å². The van der Waals surface area contributed by atoms with Gasteiger partial charge in [-0.05, 0) is 37.2 Å². The second-order valence-electron chi connectivity index (χ2n) is 8.95. The molecule has 1 spiro atoms. The lowest BCUT2D eigenvalue weighted by Crippen LogP contribution is -2.54. The van der Waals surface area contributed by atoms with E-state index in [4.69, 9.17) is 14.2 Å². The molecule has 2 unspecified atom stereocenters. The summed E-state index contributed by atoms with van der Waals surface area (Å²) in [6.07, 6.45) is 4.47. The van der Waals surface area contributed by atoms with Crippen LogP contribution in [-0.4, -0.2) is 32.0 Å². The number of ether oxygens (including phenoxy) is 1. The summed E-state index contributed by atoms with van der Waals surface area (Å²) in [6, 6.07) is 10.2. The van der Waals surface area contributed by atoms with Crippen LogP contribution in [-0.2, 0) is 9.16 Å². The van der Waals surface area contributed by atoms with Gasteiger partial charge in [-0.3, -0.25) is 0 Å². The van der Waals surface area contributed by atoms with Crippen molar-refractivity contribution in [2.75, 3.05) is 0 Å². The highest BCUT2D eigenvalue weighted by Crippen LogP contribution is 2.46. The molecule has 4 heteroatoms. The second-order valence-corrected chi connectivity index (χ2v) is 13.7. The summed E-state index contributed by atoms with van der Waals surface area (Å²) in [5.41, 5.74) is 0.616. The first-order valence-electron chi connectivity index (χ1n) is 9.26. The van der Waals surface area contributed by atoms with Crippen LogP contribution in [0.3, 0.4) is 0 Å². The van der Waals surface area contributed by atoms with Crippen LogP contribution in [0, 0.1) is 5.92 Å². The van der Waals surface area contributed by atoms with E-state index >= 15 is 0 Å². The van der Waals surface area contributed by atoms with Gasteiger partial charge < -0.3 is 9.16 Å².